The molecule has 0 N–H and O–H groups in total. The predicted molar refractivity (Wildman–Crippen MR) is 72.5 cm³/mol. The Balaban J connectivity index is 2.34. The number of pyridine rings is 1. The largest absolute Gasteiger partial charge is 0.253 e. The normalized spacial score (nSPS) is 14.9. The van der Waals surface area contributed by atoms with Gasteiger partial charge in [-0.15, -0.1) is 0 Å². The average Bonchev–Trinajstić information content (AvgIpc) is 2.35. The van der Waals surface area contributed by atoms with E-state index in [-0.39, 0.29) is 0 Å². The van der Waals surface area contributed by atoms with Crippen LogP contribution in [0.15, 0.2) is 18.2 Å². The zero-order valence-corrected chi connectivity index (χ0v) is 10.7. The van der Waals surface area contributed by atoms with Gasteiger partial charge < -0.3 is 0 Å². The summed E-state index contributed by atoms with van der Waals surface area (Å²) < 4.78 is 0. The topological polar surface area (TPSA) is 12.9 Å². The fourth-order valence-electron chi connectivity index (χ4n) is 3.04. The minimum Gasteiger partial charge on any atom is -0.253 e. The summed E-state index contributed by atoms with van der Waals surface area (Å²) in [5.41, 5.74) is 6.97. The molecule has 0 atom stereocenters. The zero-order chi connectivity index (χ0) is 11.8. The smallest absolute Gasteiger partial charge is 0.0710 e. The van der Waals surface area contributed by atoms with Crippen molar-refractivity contribution in [2.24, 2.45) is 0 Å². The SMILES string of the molecule is CCc1c2c(nc3cc(C)ccc13)CCCC2. The van der Waals surface area contributed by atoms with E-state index in [2.05, 4.69) is 32.0 Å². The first-order chi connectivity index (χ1) is 8.29. The molecule has 3 rings (SSSR count). The van der Waals surface area contributed by atoms with Crippen LogP contribution in [0.25, 0.3) is 10.9 Å². The minimum absolute atomic E-state index is 1.13. The van der Waals surface area contributed by atoms with E-state index in [1.807, 2.05) is 0 Å². The van der Waals surface area contributed by atoms with Crippen LogP contribution in [0.1, 0.15) is 42.1 Å². The maximum atomic E-state index is 4.89. The van der Waals surface area contributed by atoms with Crippen LogP contribution in [0.5, 0.6) is 0 Å². The predicted octanol–water partition coefficient (Wildman–Crippen LogP) is 3.98. The van der Waals surface area contributed by atoms with Gasteiger partial charge in [-0.25, -0.2) is 0 Å². The van der Waals surface area contributed by atoms with Gasteiger partial charge >= 0.3 is 0 Å². The molecule has 1 aliphatic rings. The van der Waals surface area contributed by atoms with Gasteiger partial charge in [-0.1, -0.05) is 19.1 Å². The number of hydrogen-bond acceptors (Lipinski definition) is 1. The van der Waals surface area contributed by atoms with Crippen LogP contribution in [-0.2, 0) is 19.3 Å². The highest BCUT2D eigenvalue weighted by molar-refractivity contribution is 5.84. The van der Waals surface area contributed by atoms with Crippen molar-refractivity contribution >= 4 is 10.9 Å². The number of aromatic nitrogens is 1. The summed E-state index contributed by atoms with van der Waals surface area (Å²) in [5.74, 6) is 0. The lowest BCUT2D eigenvalue weighted by Gasteiger charge is -2.20. The van der Waals surface area contributed by atoms with Crippen molar-refractivity contribution in [2.45, 2.75) is 46.0 Å². The molecule has 1 aromatic heterocycles. The third-order valence-electron chi connectivity index (χ3n) is 3.89. The van der Waals surface area contributed by atoms with E-state index in [9.17, 15) is 0 Å². The molecule has 0 aliphatic heterocycles. The van der Waals surface area contributed by atoms with E-state index >= 15 is 0 Å². The van der Waals surface area contributed by atoms with E-state index < -0.39 is 0 Å². The highest BCUT2D eigenvalue weighted by atomic mass is 14.7. The number of hydrogen-bond donors (Lipinski definition) is 0. The fraction of sp³-hybridized carbons (Fsp3) is 0.438. The zero-order valence-electron chi connectivity index (χ0n) is 10.7. The van der Waals surface area contributed by atoms with Gasteiger partial charge in [-0.2, -0.15) is 0 Å². The van der Waals surface area contributed by atoms with Crippen LogP contribution in [0.4, 0.5) is 0 Å². The molecule has 1 aliphatic carbocycles. The molecule has 0 unspecified atom stereocenters. The summed E-state index contributed by atoms with van der Waals surface area (Å²) in [6, 6.07) is 6.69. The van der Waals surface area contributed by atoms with Crippen molar-refractivity contribution in [3.8, 4) is 0 Å². The van der Waals surface area contributed by atoms with Crippen molar-refractivity contribution in [3.63, 3.8) is 0 Å². The molecular formula is C16H19N. The van der Waals surface area contributed by atoms with E-state index in [1.54, 1.807) is 11.1 Å². The van der Waals surface area contributed by atoms with E-state index in [0.717, 1.165) is 6.42 Å². The Kier molecular flexibility index (Phi) is 2.62. The number of rotatable bonds is 1. The molecule has 17 heavy (non-hydrogen) atoms. The Hall–Kier alpha value is -1.37. The highest BCUT2D eigenvalue weighted by Gasteiger charge is 2.16. The van der Waals surface area contributed by atoms with E-state index in [0.29, 0.717) is 0 Å². The summed E-state index contributed by atoms with van der Waals surface area (Å²) in [5, 5.41) is 1.37. The first-order valence-electron chi connectivity index (χ1n) is 6.70. The van der Waals surface area contributed by atoms with Crippen LogP contribution in [0, 0.1) is 6.92 Å². The summed E-state index contributed by atoms with van der Waals surface area (Å²) in [6.45, 7) is 4.41. The van der Waals surface area contributed by atoms with Crippen LogP contribution in [0.3, 0.4) is 0 Å². The molecule has 0 bridgehead atoms. The standard InChI is InChI=1S/C16H19N/c1-3-12-13-6-4-5-7-15(13)17-16-10-11(2)8-9-14(12)16/h8-10H,3-7H2,1-2H3. The first-order valence-corrected chi connectivity index (χ1v) is 6.70. The Labute approximate surface area is 103 Å². The molecule has 0 fully saturated rings. The number of benzene rings is 1. The number of nitrogens with zero attached hydrogens (tertiary/aromatic N) is 1. The van der Waals surface area contributed by atoms with Crippen LogP contribution in [-0.4, -0.2) is 4.98 Å². The quantitative estimate of drug-likeness (QED) is 0.715. The molecule has 0 saturated heterocycles. The second-order valence-corrected chi connectivity index (χ2v) is 5.10. The van der Waals surface area contributed by atoms with Crippen molar-refractivity contribution in [2.75, 3.05) is 0 Å². The Morgan fingerprint density at radius 3 is 2.82 bits per heavy atom. The van der Waals surface area contributed by atoms with Gasteiger partial charge in [-0.3, -0.25) is 4.98 Å². The first kappa shape index (κ1) is 10.8. The Morgan fingerprint density at radius 2 is 2.00 bits per heavy atom. The maximum Gasteiger partial charge on any atom is 0.0710 e. The molecule has 88 valence electrons. The van der Waals surface area contributed by atoms with Gasteiger partial charge in [0.1, 0.15) is 0 Å². The van der Waals surface area contributed by atoms with Crippen LogP contribution in [0.2, 0.25) is 0 Å². The fourth-order valence-corrected chi connectivity index (χ4v) is 3.04. The lowest BCUT2D eigenvalue weighted by molar-refractivity contribution is 0.665. The molecule has 0 amide bonds. The van der Waals surface area contributed by atoms with E-state index in [1.165, 1.54) is 47.8 Å². The molecule has 2 aromatic rings. The molecular weight excluding hydrogens is 206 g/mol. The average molecular weight is 225 g/mol. The molecule has 1 aromatic carbocycles. The number of fused-ring (bicyclic) bond motifs is 2. The highest BCUT2D eigenvalue weighted by Crippen LogP contribution is 2.29. The molecule has 0 spiro atoms. The molecule has 0 radical (unpaired) electrons. The molecule has 1 nitrogen and oxygen atoms in total. The second-order valence-electron chi connectivity index (χ2n) is 5.10. The summed E-state index contributed by atoms with van der Waals surface area (Å²) in [4.78, 5) is 4.89. The summed E-state index contributed by atoms with van der Waals surface area (Å²) in [7, 11) is 0. The van der Waals surface area contributed by atoms with E-state index in [4.69, 9.17) is 4.98 Å². The Morgan fingerprint density at radius 1 is 1.18 bits per heavy atom. The lowest BCUT2D eigenvalue weighted by Crippen LogP contribution is -2.09. The Bertz CT molecular complexity index is 569. The van der Waals surface area contributed by atoms with Crippen molar-refractivity contribution in [3.05, 3.63) is 40.6 Å². The van der Waals surface area contributed by atoms with Gasteiger partial charge in [-0.05, 0) is 61.8 Å². The van der Waals surface area contributed by atoms with Gasteiger partial charge in [0, 0.05) is 11.1 Å². The van der Waals surface area contributed by atoms with Gasteiger partial charge in [0.2, 0.25) is 0 Å². The van der Waals surface area contributed by atoms with Crippen molar-refractivity contribution in [1.82, 2.24) is 4.98 Å². The van der Waals surface area contributed by atoms with Gasteiger partial charge in [0.25, 0.3) is 0 Å². The minimum atomic E-state index is 1.13. The van der Waals surface area contributed by atoms with Gasteiger partial charge in [0.05, 0.1) is 5.52 Å². The molecule has 1 heteroatoms. The summed E-state index contributed by atoms with van der Waals surface area (Å²) in [6.07, 6.45) is 6.17. The monoisotopic (exact) mass is 225 g/mol. The van der Waals surface area contributed by atoms with Crippen molar-refractivity contribution in [1.29, 1.82) is 0 Å². The third kappa shape index (κ3) is 1.74. The van der Waals surface area contributed by atoms with Gasteiger partial charge in [0.15, 0.2) is 0 Å². The third-order valence-corrected chi connectivity index (χ3v) is 3.89. The van der Waals surface area contributed by atoms with Crippen LogP contribution >= 0.6 is 0 Å². The molecule has 0 saturated carbocycles. The number of aryl methyl sites for hydroxylation is 3. The summed E-state index contributed by atoms with van der Waals surface area (Å²) >= 11 is 0. The second kappa shape index (κ2) is 4.14. The lowest BCUT2D eigenvalue weighted by atomic mass is 9.88. The van der Waals surface area contributed by atoms with Crippen molar-refractivity contribution < 1.29 is 0 Å². The van der Waals surface area contributed by atoms with Crippen LogP contribution < -0.4 is 0 Å². The maximum absolute atomic E-state index is 4.89. The molecule has 1 heterocycles.